The van der Waals surface area contributed by atoms with Gasteiger partial charge in [-0.25, -0.2) is 14.8 Å². The average molecular weight is 257 g/mol. The molecular weight excluding hydrogens is 251 g/mol. The van der Waals surface area contributed by atoms with E-state index in [1.807, 2.05) is 0 Å². The zero-order chi connectivity index (χ0) is 13.5. The molecule has 0 fully saturated rings. The number of nitrogens with two attached hydrogens (primary N) is 1. The van der Waals surface area contributed by atoms with Crippen molar-refractivity contribution in [3.05, 3.63) is 29.5 Å². The van der Waals surface area contributed by atoms with E-state index < -0.39 is 23.8 Å². The Hall–Kier alpha value is -2.38. The Balaban J connectivity index is 2.79. The maximum atomic E-state index is 12.7. The number of hydrogen-bond donors (Lipinski definition) is 2. The number of nitrogen functional groups attached to an aromatic ring is 1. The number of anilines is 1. The molecule has 0 atom stereocenters. The fourth-order valence-corrected chi connectivity index (χ4v) is 1.50. The lowest BCUT2D eigenvalue weighted by atomic mass is 10.1. The van der Waals surface area contributed by atoms with Crippen molar-refractivity contribution in [2.45, 2.75) is 6.18 Å². The molecular formula is C10H6F3N3O2. The molecule has 0 aliphatic heterocycles. The van der Waals surface area contributed by atoms with Crippen molar-refractivity contribution < 1.29 is 23.1 Å². The lowest BCUT2D eigenvalue weighted by Crippen LogP contribution is -2.12. The highest BCUT2D eigenvalue weighted by Gasteiger charge is 2.35. The molecule has 94 valence electrons. The van der Waals surface area contributed by atoms with Gasteiger partial charge in [-0.1, -0.05) is 0 Å². The number of carboxylic acids is 1. The van der Waals surface area contributed by atoms with Gasteiger partial charge in [-0.05, 0) is 18.2 Å². The maximum Gasteiger partial charge on any atom is 0.434 e. The molecule has 0 saturated carbocycles. The third-order valence-corrected chi connectivity index (χ3v) is 2.23. The molecule has 0 saturated heterocycles. The van der Waals surface area contributed by atoms with Gasteiger partial charge in [-0.3, -0.25) is 0 Å². The number of aromatic carboxylic acids is 1. The highest BCUT2D eigenvalue weighted by molar-refractivity contribution is 5.94. The number of benzene rings is 1. The van der Waals surface area contributed by atoms with Gasteiger partial charge in [0, 0.05) is 5.39 Å². The molecule has 2 rings (SSSR count). The second-order valence-corrected chi connectivity index (χ2v) is 3.47. The summed E-state index contributed by atoms with van der Waals surface area (Å²) in [6.07, 6.45) is -4.68. The monoisotopic (exact) mass is 257 g/mol. The first kappa shape index (κ1) is 12.1. The summed E-state index contributed by atoms with van der Waals surface area (Å²) >= 11 is 0. The third kappa shape index (κ3) is 2.04. The molecule has 2 aromatic rings. The number of carboxylic acid groups (broad SMARTS) is 1. The van der Waals surface area contributed by atoms with Crippen LogP contribution in [0, 0.1) is 0 Å². The first-order valence-electron chi connectivity index (χ1n) is 4.67. The minimum atomic E-state index is -4.68. The van der Waals surface area contributed by atoms with Crippen LogP contribution in [0.2, 0.25) is 0 Å². The van der Waals surface area contributed by atoms with E-state index in [2.05, 4.69) is 9.97 Å². The molecule has 0 spiro atoms. The number of fused-ring (bicyclic) bond motifs is 1. The normalized spacial score (nSPS) is 11.7. The average Bonchev–Trinajstić information content (AvgIpc) is 2.25. The van der Waals surface area contributed by atoms with Gasteiger partial charge in [-0.15, -0.1) is 0 Å². The van der Waals surface area contributed by atoms with Crippen LogP contribution in [0.25, 0.3) is 10.9 Å². The van der Waals surface area contributed by atoms with E-state index in [0.29, 0.717) is 0 Å². The summed E-state index contributed by atoms with van der Waals surface area (Å²) in [5.41, 5.74) is 3.67. The number of aromatic nitrogens is 2. The largest absolute Gasteiger partial charge is 0.478 e. The van der Waals surface area contributed by atoms with Gasteiger partial charge in [0.25, 0.3) is 0 Å². The van der Waals surface area contributed by atoms with Gasteiger partial charge < -0.3 is 10.8 Å². The number of carbonyl (C=O) groups is 1. The van der Waals surface area contributed by atoms with E-state index in [4.69, 9.17) is 10.8 Å². The first-order valence-corrected chi connectivity index (χ1v) is 4.67. The van der Waals surface area contributed by atoms with Crippen LogP contribution in [0.5, 0.6) is 0 Å². The van der Waals surface area contributed by atoms with Gasteiger partial charge in [-0.2, -0.15) is 13.2 Å². The molecule has 0 amide bonds. The van der Waals surface area contributed by atoms with Crippen LogP contribution in [-0.2, 0) is 6.18 Å². The topological polar surface area (TPSA) is 89.1 Å². The molecule has 3 N–H and O–H groups in total. The predicted octanol–water partition coefficient (Wildman–Crippen LogP) is 1.93. The number of nitrogens with zero attached hydrogens (tertiary/aromatic N) is 2. The van der Waals surface area contributed by atoms with Crippen LogP contribution in [-0.4, -0.2) is 21.0 Å². The minimum Gasteiger partial charge on any atom is -0.478 e. The van der Waals surface area contributed by atoms with Crippen molar-refractivity contribution in [2.75, 3.05) is 5.73 Å². The SMILES string of the molecule is Nc1nc(C(F)(F)F)c2ccc(C(=O)O)cc2n1. The van der Waals surface area contributed by atoms with E-state index in [1.165, 1.54) is 0 Å². The Morgan fingerprint density at radius 1 is 1.28 bits per heavy atom. The Labute approximate surface area is 98.1 Å². The summed E-state index contributed by atoms with van der Waals surface area (Å²) in [7, 11) is 0. The summed E-state index contributed by atoms with van der Waals surface area (Å²) in [6.45, 7) is 0. The zero-order valence-corrected chi connectivity index (χ0v) is 8.69. The van der Waals surface area contributed by atoms with Crippen LogP contribution >= 0.6 is 0 Å². The predicted molar refractivity (Wildman–Crippen MR) is 55.9 cm³/mol. The number of halogens is 3. The van der Waals surface area contributed by atoms with Crippen molar-refractivity contribution in [1.29, 1.82) is 0 Å². The molecule has 0 unspecified atom stereocenters. The second kappa shape index (κ2) is 3.83. The summed E-state index contributed by atoms with van der Waals surface area (Å²) in [5.74, 6) is -1.82. The van der Waals surface area contributed by atoms with Gasteiger partial charge in [0.05, 0.1) is 11.1 Å². The smallest absolute Gasteiger partial charge is 0.434 e. The molecule has 5 nitrogen and oxygen atoms in total. The summed E-state index contributed by atoms with van der Waals surface area (Å²) in [4.78, 5) is 17.5. The highest BCUT2D eigenvalue weighted by atomic mass is 19.4. The van der Waals surface area contributed by atoms with Crippen LogP contribution < -0.4 is 5.73 Å². The molecule has 1 aromatic heterocycles. The Morgan fingerprint density at radius 2 is 1.94 bits per heavy atom. The Morgan fingerprint density at radius 3 is 2.50 bits per heavy atom. The summed E-state index contributed by atoms with van der Waals surface area (Å²) < 4.78 is 38.1. The summed E-state index contributed by atoms with van der Waals surface area (Å²) in [6, 6.07) is 3.09. The number of hydrogen-bond acceptors (Lipinski definition) is 4. The van der Waals surface area contributed by atoms with Crippen LogP contribution in [0.1, 0.15) is 16.1 Å². The zero-order valence-electron chi connectivity index (χ0n) is 8.69. The fourth-order valence-electron chi connectivity index (χ4n) is 1.50. The van der Waals surface area contributed by atoms with E-state index >= 15 is 0 Å². The highest BCUT2D eigenvalue weighted by Crippen LogP contribution is 2.33. The Bertz CT molecular complexity index is 640. The van der Waals surface area contributed by atoms with E-state index in [9.17, 15) is 18.0 Å². The van der Waals surface area contributed by atoms with Crippen molar-refractivity contribution in [2.24, 2.45) is 0 Å². The Kier molecular flexibility index (Phi) is 2.57. The molecule has 18 heavy (non-hydrogen) atoms. The molecule has 0 aliphatic carbocycles. The molecule has 8 heteroatoms. The number of rotatable bonds is 1. The van der Waals surface area contributed by atoms with Crippen molar-refractivity contribution in [3.63, 3.8) is 0 Å². The molecule has 1 aromatic carbocycles. The number of alkyl halides is 3. The van der Waals surface area contributed by atoms with Crippen LogP contribution in [0.4, 0.5) is 19.1 Å². The molecule has 1 heterocycles. The van der Waals surface area contributed by atoms with E-state index in [0.717, 1.165) is 18.2 Å². The minimum absolute atomic E-state index is 0.158. The first-order chi connectivity index (χ1) is 8.29. The standard InChI is InChI=1S/C10H6F3N3O2/c11-10(12,13)7-5-2-1-4(8(17)18)3-6(5)15-9(14)16-7/h1-3H,(H,17,18)(H2,14,15,16). The maximum absolute atomic E-state index is 12.7. The fraction of sp³-hybridized carbons (Fsp3) is 0.100. The second-order valence-electron chi connectivity index (χ2n) is 3.47. The van der Waals surface area contributed by atoms with Crippen molar-refractivity contribution >= 4 is 22.8 Å². The van der Waals surface area contributed by atoms with E-state index in [1.54, 1.807) is 0 Å². The van der Waals surface area contributed by atoms with Gasteiger partial charge in [0.1, 0.15) is 0 Å². The molecule has 0 bridgehead atoms. The van der Waals surface area contributed by atoms with Crippen LogP contribution in [0.3, 0.4) is 0 Å². The van der Waals surface area contributed by atoms with Gasteiger partial charge in [0.2, 0.25) is 5.95 Å². The van der Waals surface area contributed by atoms with Gasteiger partial charge >= 0.3 is 12.1 Å². The summed E-state index contributed by atoms with van der Waals surface area (Å²) in [5, 5.41) is 8.46. The van der Waals surface area contributed by atoms with Crippen LogP contribution in [0.15, 0.2) is 18.2 Å². The lowest BCUT2D eigenvalue weighted by Gasteiger charge is -2.09. The quantitative estimate of drug-likeness (QED) is 0.814. The van der Waals surface area contributed by atoms with Crippen molar-refractivity contribution in [1.82, 2.24) is 9.97 Å². The van der Waals surface area contributed by atoms with Crippen molar-refractivity contribution in [3.8, 4) is 0 Å². The van der Waals surface area contributed by atoms with E-state index in [-0.39, 0.29) is 16.5 Å². The lowest BCUT2D eigenvalue weighted by molar-refractivity contribution is -0.139. The molecule has 0 radical (unpaired) electrons. The third-order valence-electron chi connectivity index (χ3n) is 2.23. The van der Waals surface area contributed by atoms with Gasteiger partial charge in [0.15, 0.2) is 5.69 Å². The molecule has 0 aliphatic rings.